The lowest BCUT2D eigenvalue weighted by molar-refractivity contribution is 0.145. The lowest BCUT2D eigenvalue weighted by Crippen LogP contribution is -2.46. The summed E-state index contributed by atoms with van der Waals surface area (Å²) in [5, 5.41) is 10.2. The lowest BCUT2D eigenvalue weighted by atomic mass is 10.0. The third kappa shape index (κ3) is 4.49. The number of nitrogens with zero attached hydrogens (tertiary/aromatic N) is 1. The van der Waals surface area contributed by atoms with Crippen LogP contribution in [0.4, 0.5) is 4.39 Å². The van der Waals surface area contributed by atoms with E-state index in [9.17, 15) is 17.9 Å². The summed E-state index contributed by atoms with van der Waals surface area (Å²) in [6.07, 6.45) is 2.77. The van der Waals surface area contributed by atoms with Crippen LogP contribution in [0.5, 0.6) is 0 Å². The van der Waals surface area contributed by atoms with Crippen LogP contribution < -0.4 is 4.72 Å². The summed E-state index contributed by atoms with van der Waals surface area (Å²) in [7, 11) is -3.62. The Balaban J connectivity index is 2.02. The minimum absolute atomic E-state index is 0.395. The van der Waals surface area contributed by atoms with Crippen molar-refractivity contribution in [1.82, 2.24) is 9.03 Å². The number of rotatable bonds is 5. The van der Waals surface area contributed by atoms with Gasteiger partial charge in [-0.2, -0.15) is 17.4 Å². The van der Waals surface area contributed by atoms with E-state index in [-0.39, 0.29) is 0 Å². The Labute approximate surface area is 131 Å². The normalized spacial score (nSPS) is 20.3. The topological polar surface area (TPSA) is 69.6 Å². The Kier molecular flexibility index (Phi) is 5.91. The van der Waals surface area contributed by atoms with E-state index < -0.39 is 28.2 Å². The van der Waals surface area contributed by atoms with Gasteiger partial charge >= 0.3 is 0 Å². The van der Waals surface area contributed by atoms with Gasteiger partial charge < -0.3 is 5.11 Å². The van der Waals surface area contributed by atoms with Gasteiger partial charge in [-0.3, -0.25) is 0 Å². The molecule has 2 unspecified atom stereocenters. The van der Waals surface area contributed by atoms with Gasteiger partial charge in [-0.15, -0.1) is 0 Å². The van der Waals surface area contributed by atoms with Gasteiger partial charge in [0, 0.05) is 13.1 Å². The number of aliphatic hydroxyl groups excluding tert-OH is 1. The average Bonchev–Trinajstić information content (AvgIpc) is 2.76. The highest BCUT2D eigenvalue weighted by molar-refractivity contribution is 7.87. The van der Waals surface area contributed by atoms with Crippen molar-refractivity contribution in [2.75, 3.05) is 13.1 Å². The van der Waals surface area contributed by atoms with Crippen LogP contribution in [0.1, 0.15) is 44.3 Å². The molecule has 1 aromatic rings. The van der Waals surface area contributed by atoms with Crippen LogP contribution in [-0.2, 0) is 10.2 Å². The minimum atomic E-state index is -3.62. The van der Waals surface area contributed by atoms with Gasteiger partial charge in [0.25, 0.3) is 10.2 Å². The number of halogens is 1. The van der Waals surface area contributed by atoms with Crippen molar-refractivity contribution in [2.24, 2.45) is 0 Å². The highest BCUT2D eigenvalue weighted by atomic mass is 32.2. The molecule has 0 bridgehead atoms. The van der Waals surface area contributed by atoms with Gasteiger partial charge in [-0.25, -0.2) is 4.39 Å². The first-order valence-electron chi connectivity index (χ1n) is 7.61. The third-order valence-corrected chi connectivity index (χ3v) is 5.64. The van der Waals surface area contributed by atoms with Crippen LogP contribution in [0.25, 0.3) is 0 Å². The van der Waals surface area contributed by atoms with Crippen molar-refractivity contribution in [3.63, 3.8) is 0 Å². The number of hydrogen-bond acceptors (Lipinski definition) is 3. The predicted octanol–water partition coefficient (Wildman–Crippen LogP) is 1.96. The first-order chi connectivity index (χ1) is 10.4. The Hall–Kier alpha value is -1.02. The molecule has 5 nitrogen and oxygen atoms in total. The summed E-state index contributed by atoms with van der Waals surface area (Å²) >= 11 is 0. The largest absolute Gasteiger partial charge is 0.387 e. The van der Waals surface area contributed by atoms with Crippen molar-refractivity contribution in [1.29, 1.82) is 0 Å². The van der Waals surface area contributed by atoms with Crippen molar-refractivity contribution in [3.8, 4) is 0 Å². The predicted molar refractivity (Wildman–Crippen MR) is 82.9 cm³/mol. The van der Waals surface area contributed by atoms with Gasteiger partial charge in [-0.05, 0) is 37.5 Å². The zero-order chi connectivity index (χ0) is 16.2. The molecule has 1 aliphatic heterocycles. The molecule has 1 aromatic carbocycles. The first-order valence-corrected chi connectivity index (χ1v) is 9.05. The molecule has 0 aliphatic carbocycles. The third-order valence-electron chi connectivity index (χ3n) is 3.92. The number of nitrogens with one attached hydrogen (secondary N) is 1. The molecule has 22 heavy (non-hydrogen) atoms. The molecular formula is C15H23FN2O3S. The summed E-state index contributed by atoms with van der Waals surface area (Å²) in [4.78, 5) is 0. The fraction of sp³-hybridized carbons (Fsp3) is 0.600. The molecule has 2 rings (SSSR count). The molecule has 0 saturated carbocycles. The highest BCUT2D eigenvalue weighted by Crippen LogP contribution is 2.19. The van der Waals surface area contributed by atoms with Gasteiger partial charge in [0.15, 0.2) is 0 Å². The zero-order valence-corrected chi connectivity index (χ0v) is 13.5. The van der Waals surface area contributed by atoms with Crippen LogP contribution >= 0.6 is 0 Å². The fourth-order valence-electron chi connectivity index (χ4n) is 2.60. The Morgan fingerprint density at radius 2 is 1.68 bits per heavy atom. The van der Waals surface area contributed by atoms with Crippen LogP contribution in [0.15, 0.2) is 24.3 Å². The molecule has 0 radical (unpaired) electrons. The maximum absolute atomic E-state index is 12.9. The summed E-state index contributed by atoms with van der Waals surface area (Å²) in [6, 6.07) is 4.70. The highest BCUT2D eigenvalue weighted by Gasteiger charge is 2.27. The van der Waals surface area contributed by atoms with E-state index in [1.54, 1.807) is 6.92 Å². The Bertz CT molecular complexity index is 569. The molecule has 124 valence electrons. The van der Waals surface area contributed by atoms with Crippen LogP contribution in [0, 0.1) is 5.82 Å². The molecule has 0 amide bonds. The lowest BCUT2D eigenvalue weighted by Gasteiger charge is -2.25. The van der Waals surface area contributed by atoms with Crippen molar-refractivity contribution >= 4 is 10.2 Å². The van der Waals surface area contributed by atoms with Gasteiger partial charge in [0.2, 0.25) is 0 Å². The molecule has 2 N–H and O–H groups in total. The Morgan fingerprint density at radius 1 is 1.14 bits per heavy atom. The second kappa shape index (κ2) is 7.50. The van der Waals surface area contributed by atoms with E-state index >= 15 is 0 Å². The molecule has 0 aromatic heterocycles. The molecule has 1 heterocycles. The van der Waals surface area contributed by atoms with Crippen molar-refractivity contribution < 1.29 is 17.9 Å². The SMILES string of the molecule is CC(NS(=O)(=O)N1CCCCCC1)C(O)c1ccc(F)cc1. The number of benzene rings is 1. The quantitative estimate of drug-likeness (QED) is 0.867. The van der Waals surface area contributed by atoms with E-state index in [0.717, 1.165) is 25.7 Å². The van der Waals surface area contributed by atoms with E-state index in [4.69, 9.17) is 0 Å². The zero-order valence-electron chi connectivity index (χ0n) is 12.7. The van der Waals surface area contributed by atoms with Crippen LogP contribution in [0.3, 0.4) is 0 Å². The summed E-state index contributed by atoms with van der Waals surface area (Å²) in [5.74, 6) is -0.395. The van der Waals surface area contributed by atoms with Crippen molar-refractivity contribution in [2.45, 2.75) is 44.8 Å². The van der Waals surface area contributed by atoms with Gasteiger partial charge in [0.05, 0.1) is 12.1 Å². The van der Waals surface area contributed by atoms with E-state index in [1.165, 1.54) is 28.6 Å². The summed E-state index contributed by atoms with van der Waals surface area (Å²) in [5.41, 5.74) is 0.479. The molecular weight excluding hydrogens is 307 g/mol. The van der Waals surface area contributed by atoms with Crippen molar-refractivity contribution in [3.05, 3.63) is 35.6 Å². The molecule has 0 spiro atoms. The molecule has 1 aliphatic rings. The molecule has 7 heteroatoms. The standard InChI is InChI=1S/C15H23FN2O3S/c1-12(15(19)13-6-8-14(16)9-7-13)17-22(20,21)18-10-4-2-3-5-11-18/h6-9,12,15,17,19H,2-5,10-11H2,1H3. The van der Waals surface area contributed by atoms with E-state index in [0.29, 0.717) is 18.7 Å². The molecule has 2 atom stereocenters. The maximum atomic E-state index is 12.9. The van der Waals surface area contributed by atoms with E-state index in [2.05, 4.69) is 4.72 Å². The molecule has 1 saturated heterocycles. The summed E-state index contributed by atoms with van der Waals surface area (Å²) < 4.78 is 41.6. The second-order valence-electron chi connectivity index (χ2n) is 5.72. The smallest absolute Gasteiger partial charge is 0.279 e. The van der Waals surface area contributed by atoms with Crippen LogP contribution in [0.2, 0.25) is 0 Å². The van der Waals surface area contributed by atoms with E-state index in [1.807, 2.05) is 0 Å². The maximum Gasteiger partial charge on any atom is 0.279 e. The second-order valence-corrected chi connectivity index (χ2v) is 7.42. The number of hydrogen-bond donors (Lipinski definition) is 2. The van der Waals surface area contributed by atoms with Gasteiger partial charge in [-0.1, -0.05) is 25.0 Å². The fourth-order valence-corrected chi connectivity index (χ4v) is 4.09. The van der Waals surface area contributed by atoms with Crippen LogP contribution in [-0.4, -0.2) is 37.0 Å². The monoisotopic (exact) mass is 330 g/mol. The first kappa shape index (κ1) is 17.3. The van der Waals surface area contributed by atoms with Gasteiger partial charge in [0.1, 0.15) is 5.82 Å². The number of aliphatic hydroxyl groups is 1. The Morgan fingerprint density at radius 3 is 2.23 bits per heavy atom. The minimum Gasteiger partial charge on any atom is -0.387 e. The average molecular weight is 330 g/mol. The summed E-state index contributed by atoms with van der Waals surface area (Å²) in [6.45, 7) is 2.62. The molecule has 1 fully saturated rings.